The Bertz CT molecular complexity index is 1210. The third-order valence-corrected chi connectivity index (χ3v) is 8.99. The lowest BCUT2D eigenvalue weighted by Crippen LogP contribution is -2.51. The number of likely N-dealkylation sites (N-methyl/N-ethyl adjacent to an activating group) is 1. The first-order valence-electron chi connectivity index (χ1n) is 13.7. The molecule has 0 amide bonds. The molecule has 10 nitrogen and oxygen atoms in total. The van der Waals surface area contributed by atoms with Gasteiger partial charge in [-0.25, -0.2) is 19.9 Å². The highest BCUT2D eigenvalue weighted by Gasteiger charge is 2.42. The molecule has 1 aliphatic carbocycles. The molecule has 1 atom stereocenters. The van der Waals surface area contributed by atoms with E-state index in [1.54, 1.807) is 6.20 Å². The molecule has 6 rings (SSSR count). The SMILES string of the molecule is CCN1CCN(Cc2cnc(Nc3ncc(-c4ccnc(OC5CCC6(CC5)COC6)n4)s3)nc2)CC1C. The Morgan fingerprint density at radius 1 is 1.11 bits per heavy atom. The first-order valence-corrected chi connectivity index (χ1v) is 14.5. The molecule has 1 unspecified atom stereocenters. The van der Waals surface area contributed by atoms with Gasteiger partial charge in [0.1, 0.15) is 6.10 Å². The van der Waals surface area contributed by atoms with Crippen molar-refractivity contribution in [2.24, 2.45) is 5.41 Å². The van der Waals surface area contributed by atoms with Gasteiger partial charge in [0.15, 0.2) is 5.13 Å². The van der Waals surface area contributed by atoms with E-state index < -0.39 is 0 Å². The van der Waals surface area contributed by atoms with Crippen LogP contribution in [-0.4, -0.2) is 86.3 Å². The van der Waals surface area contributed by atoms with Crippen LogP contribution in [0.5, 0.6) is 6.01 Å². The van der Waals surface area contributed by atoms with Gasteiger partial charge in [0.2, 0.25) is 5.95 Å². The predicted octanol–water partition coefficient (Wildman–Crippen LogP) is 4.00. The number of nitrogens with zero attached hydrogens (tertiary/aromatic N) is 7. The maximum absolute atomic E-state index is 6.14. The highest BCUT2D eigenvalue weighted by Crippen LogP contribution is 2.43. The highest BCUT2D eigenvalue weighted by molar-refractivity contribution is 7.18. The first kappa shape index (κ1) is 25.5. The van der Waals surface area contributed by atoms with Crippen molar-refractivity contribution >= 4 is 22.4 Å². The number of rotatable bonds is 8. The van der Waals surface area contributed by atoms with Crippen LogP contribution in [0.25, 0.3) is 10.6 Å². The van der Waals surface area contributed by atoms with Crippen molar-refractivity contribution in [3.05, 3.63) is 36.4 Å². The average Bonchev–Trinajstić information content (AvgIpc) is 3.38. The predicted molar refractivity (Wildman–Crippen MR) is 147 cm³/mol. The van der Waals surface area contributed by atoms with Gasteiger partial charge < -0.3 is 14.8 Å². The van der Waals surface area contributed by atoms with Crippen molar-refractivity contribution in [2.75, 3.05) is 44.7 Å². The van der Waals surface area contributed by atoms with Crippen LogP contribution in [0, 0.1) is 5.41 Å². The first-order chi connectivity index (χ1) is 18.6. The number of anilines is 2. The molecule has 1 N–H and O–H groups in total. The minimum Gasteiger partial charge on any atom is -0.460 e. The Morgan fingerprint density at radius 3 is 2.63 bits per heavy atom. The highest BCUT2D eigenvalue weighted by atomic mass is 32.1. The summed E-state index contributed by atoms with van der Waals surface area (Å²) in [5, 5.41) is 3.95. The summed E-state index contributed by atoms with van der Waals surface area (Å²) in [6.45, 7) is 11.6. The van der Waals surface area contributed by atoms with Crippen LogP contribution in [0.1, 0.15) is 45.1 Å². The molecule has 3 aliphatic rings. The van der Waals surface area contributed by atoms with E-state index in [1.165, 1.54) is 11.3 Å². The second-order valence-electron chi connectivity index (χ2n) is 10.8. The Hall–Kier alpha value is -2.73. The number of aromatic nitrogens is 5. The lowest BCUT2D eigenvalue weighted by Gasteiger charge is -2.45. The Morgan fingerprint density at radius 2 is 1.92 bits per heavy atom. The quantitative estimate of drug-likeness (QED) is 0.455. The second-order valence-corrected chi connectivity index (χ2v) is 11.8. The van der Waals surface area contributed by atoms with Crippen molar-refractivity contribution < 1.29 is 9.47 Å². The number of ether oxygens (including phenoxy) is 2. The summed E-state index contributed by atoms with van der Waals surface area (Å²) >= 11 is 1.51. The summed E-state index contributed by atoms with van der Waals surface area (Å²) in [6.07, 6.45) is 11.9. The lowest BCUT2D eigenvalue weighted by molar-refractivity contribution is -0.140. The number of thiazole rings is 1. The van der Waals surface area contributed by atoms with Crippen LogP contribution >= 0.6 is 11.3 Å². The molecule has 3 aromatic rings. The fourth-order valence-electron chi connectivity index (χ4n) is 5.67. The van der Waals surface area contributed by atoms with Gasteiger partial charge in [0.25, 0.3) is 0 Å². The van der Waals surface area contributed by atoms with Crippen LogP contribution in [0.4, 0.5) is 11.1 Å². The van der Waals surface area contributed by atoms with E-state index in [4.69, 9.17) is 9.47 Å². The van der Waals surface area contributed by atoms with E-state index in [2.05, 4.69) is 53.9 Å². The average molecular weight is 537 g/mol. The van der Waals surface area contributed by atoms with E-state index in [0.29, 0.717) is 23.4 Å². The molecule has 0 radical (unpaired) electrons. The topological polar surface area (TPSA) is 101 Å². The molecule has 1 spiro atoms. The number of piperazine rings is 1. The van der Waals surface area contributed by atoms with Crippen LogP contribution in [0.2, 0.25) is 0 Å². The van der Waals surface area contributed by atoms with Gasteiger partial charge in [0.05, 0.1) is 23.8 Å². The molecule has 2 aliphatic heterocycles. The molecule has 202 valence electrons. The molecule has 3 aromatic heterocycles. The molecule has 2 saturated heterocycles. The molecular weight excluding hydrogens is 500 g/mol. The van der Waals surface area contributed by atoms with E-state index in [1.807, 2.05) is 24.7 Å². The lowest BCUT2D eigenvalue weighted by atomic mass is 9.72. The zero-order valence-electron chi connectivity index (χ0n) is 22.2. The van der Waals surface area contributed by atoms with Gasteiger partial charge in [-0.3, -0.25) is 9.80 Å². The number of hydrogen-bond donors (Lipinski definition) is 1. The van der Waals surface area contributed by atoms with Crippen LogP contribution in [-0.2, 0) is 11.3 Å². The molecule has 5 heterocycles. The zero-order chi connectivity index (χ0) is 26.0. The van der Waals surface area contributed by atoms with Crippen molar-refractivity contribution in [3.63, 3.8) is 0 Å². The largest absolute Gasteiger partial charge is 0.460 e. The Labute approximate surface area is 227 Å². The second kappa shape index (κ2) is 11.2. The van der Waals surface area contributed by atoms with Gasteiger partial charge in [-0.2, -0.15) is 4.98 Å². The van der Waals surface area contributed by atoms with E-state index >= 15 is 0 Å². The minimum absolute atomic E-state index is 0.166. The molecule has 1 saturated carbocycles. The summed E-state index contributed by atoms with van der Waals surface area (Å²) in [5.74, 6) is 0.539. The minimum atomic E-state index is 0.166. The molecule has 11 heteroatoms. The molecule has 38 heavy (non-hydrogen) atoms. The number of hydrogen-bond acceptors (Lipinski definition) is 11. The third-order valence-electron chi connectivity index (χ3n) is 8.06. The standard InChI is InChI=1S/C27H36N8O2S/c1-3-35-11-10-34(15-19(35)2)16-20-12-29-24(30-13-20)33-26-31-14-23(38-26)22-6-9-28-25(32-22)37-21-4-7-27(8-5-21)17-36-18-27/h6,9,12-14,19,21H,3-5,7-8,10-11,15-18H2,1-2H3,(H,29,30,31,33). The van der Waals surface area contributed by atoms with Crippen molar-refractivity contribution in [2.45, 2.75) is 58.2 Å². The maximum Gasteiger partial charge on any atom is 0.317 e. The summed E-state index contributed by atoms with van der Waals surface area (Å²) in [5.41, 5.74) is 2.32. The molecule has 0 aromatic carbocycles. The van der Waals surface area contributed by atoms with Gasteiger partial charge in [-0.15, -0.1) is 0 Å². The molecular formula is C27H36N8O2S. The van der Waals surface area contributed by atoms with Crippen LogP contribution in [0.3, 0.4) is 0 Å². The van der Waals surface area contributed by atoms with Crippen LogP contribution in [0.15, 0.2) is 30.9 Å². The summed E-state index contributed by atoms with van der Waals surface area (Å²) in [7, 11) is 0. The monoisotopic (exact) mass is 536 g/mol. The van der Waals surface area contributed by atoms with Crippen LogP contribution < -0.4 is 10.1 Å². The van der Waals surface area contributed by atoms with Crippen molar-refractivity contribution in [1.82, 2.24) is 34.7 Å². The van der Waals surface area contributed by atoms with E-state index in [-0.39, 0.29) is 6.10 Å². The van der Waals surface area contributed by atoms with Crippen molar-refractivity contribution in [1.29, 1.82) is 0 Å². The fraction of sp³-hybridized carbons (Fsp3) is 0.593. The Balaban J connectivity index is 1.02. The zero-order valence-corrected chi connectivity index (χ0v) is 23.0. The fourth-order valence-corrected chi connectivity index (χ4v) is 6.45. The van der Waals surface area contributed by atoms with Crippen molar-refractivity contribution in [3.8, 4) is 16.6 Å². The Kier molecular flexibility index (Phi) is 7.51. The smallest absolute Gasteiger partial charge is 0.317 e. The number of nitrogens with one attached hydrogen (secondary N) is 1. The summed E-state index contributed by atoms with van der Waals surface area (Å²) in [4.78, 5) is 28.5. The van der Waals surface area contributed by atoms with Gasteiger partial charge in [0, 0.05) is 68.0 Å². The van der Waals surface area contributed by atoms with E-state index in [9.17, 15) is 0 Å². The summed E-state index contributed by atoms with van der Waals surface area (Å²) in [6, 6.07) is 2.90. The van der Waals surface area contributed by atoms with Gasteiger partial charge >= 0.3 is 6.01 Å². The van der Waals surface area contributed by atoms with Gasteiger partial charge in [-0.1, -0.05) is 18.3 Å². The van der Waals surface area contributed by atoms with E-state index in [0.717, 1.165) is 92.9 Å². The molecule has 0 bridgehead atoms. The third kappa shape index (κ3) is 5.80. The van der Waals surface area contributed by atoms with Gasteiger partial charge in [-0.05, 0) is 45.2 Å². The normalized spacial score (nSPS) is 22.3. The maximum atomic E-state index is 6.14. The summed E-state index contributed by atoms with van der Waals surface area (Å²) < 4.78 is 11.6. The molecule has 3 fully saturated rings.